The van der Waals surface area contributed by atoms with Crippen LogP contribution >= 0.6 is 39.1 Å². The Balaban J connectivity index is 1.82. The number of nitrogens with one attached hydrogen (secondary N) is 1. The third-order valence-corrected chi connectivity index (χ3v) is 6.03. The molecular formula is C19H18BrCl2N3. The summed E-state index contributed by atoms with van der Waals surface area (Å²) in [7, 11) is 0. The van der Waals surface area contributed by atoms with Crippen molar-refractivity contribution in [3.8, 4) is 0 Å². The van der Waals surface area contributed by atoms with Gasteiger partial charge in [0.05, 0.1) is 21.1 Å². The number of hydrogen-bond donors (Lipinski definition) is 1. The van der Waals surface area contributed by atoms with E-state index in [1.165, 1.54) is 5.56 Å². The van der Waals surface area contributed by atoms with E-state index >= 15 is 0 Å². The van der Waals surface area contributed by atoms with E-state index in [4.69, 9.17) is 28.2 Å². The Morgan fingerprint density at radius 1 is 1.08 bits per heavy atom. The van der Waals surface area contributed by atoms with Crippen LogP contribution in [0.4, 0.5) is 0 Å². The zero-order chi connectivity index (χ0) is 17.4. The number of halogens is 3. The minimum Gasteiger partial charge on any atom is -0.323 e. The van der Waals surface area contributed by atoms with Crippen molar-refractivity contribution in [2.24, 2.45) is 0 Å². The summed E-state index contributed by atoms with van der Waals surface area (Å²) in [4.78, 5) is 4.93. The van der Waals surface area contributed by atoms with Gasteiger partial charge in [0.15, 0.2) is 0 Å². The lowest BCUT2D eigenvalue weighted by molar-refractivity contribution is 0.435. The zero-order valence-corrected chi connectivity index (χ0v) is 16.7. The van der Waals surface area contributed by atoms with Crippen molar-refractivity contribution in [2.75, 3.05) is 13.1 Å². The maximum atomic E-state index is 6.29. The maximum absolute atomic E-state index is 6.29. The number of imidazole rings is 1. The predicted octanol–water partition coefficient (Wildman–Crippen LogP) is 5.62. The monoisotopic (exact) mass is 437 g/mol. The van der Waals surface area contributed by atoms with Gasteiger partial charge in [-0.25, -0.2) is 4.98 Å². The molecule has 0 unspecified atom stereocenters. The van der Waals surface area contributed by atoms with Crippen molar-refractivity contribution >= 4 is 50.2 Å². The molecule has 0 spiro atoms. The molecule has 3 nitrogen and oxygen atoms in total. The number of nitrogens with zero attached hydrogens (tertiary/aromatic N) is 2. The molecule has 1 N–H and O–H groups in total. The third-order valence-electron chi connectivity index (χ3n) is 4.78. The lowest BCUT2D eigenvalue weighted by Crippen LogP contribution is -2.28. The van der Waals surface area contributed by atoms with Gasteiger partial charge in [-0.3, -0.25) is 0 Å². The molecule has 6 heteroatoms. The Bertz CT molecular complexity index is 899. The summed E-state index contributed by atoms with van der Waals surface area (Å²) in [6, 6.07) is 12.2. The second-order valence-corrected chi connectivity index (χ2v) is 8.19. The van der Waals surface area contributed by atoms with Gasteiger partial charge < -0.3 is 9.88 Å². The van der Waals surface area contributed by atoms with Crippen LogP contribution in [0.25, 0.3) is 11.0 Å². The summed E-state index contributed by atoms with van der Waals surface area (Å²) in [6.45, 7) is 2.85. The fraction of sp³-hybridized carbons (Fsp3) is 0.316. The lowest BCUT2D eigenvalue weighted by Gasteiger charge is -2.23. The summed E-state index contributed by atoms with van der Waals surface area (Å²) in [5.41, 5.74) is 3.20. The van der Waals surface area contributed by atoms with E-state index in [9.17, 15) is 0 Å². The summed E-state index contributed by atoms with van der Waals surface area (Å²) >= 11 is 16.0. The van der Waals surface area contributed by atoms with E-state index in [0.29, 0.717) is 16.0 Å². The van der Waals surface area contributed by atoms with Crippen molar-refractivity contribution in [3.05, 3.63) is 62.3 Å². The van der Waals surface area contributed by atoms with Crippen LogP contribution in [-0.2, 0) is 6.54 Å². The number of piperidine rings is 1. The Kier molecular flexibility index (Phi) is 5.05. The van der Waals surface area contributed by atoms with Crippen LogP contribution in [0.15, 0.2) is 40.9 Å². The summed E-state index contributed by atoms with van der Waals surface area (Å²) in [6.07, 6.45) is 2.20. The number of rotatable bonds is 3. The van der Waals surface area contributed by atoms with Crippen LogP contribution in [0.1, 0.15) is 30.1 Å². The Morgan fingerprint density at radius 2 is 1.76 bits per heavy atom. The van der Waals surface area contributed by atoms with Gasteiger partial charge in [0.1, 0.15) is 5.82 Å². The molecule has 3 aromatic rings. The van der Waals surface area contributed by atoms with Crippen LogP contribution in [0.2, 0.25) is 10.0 Å². The number of benzene rings is 2. The van der Waals surface area contributed by atoms with Crippen LogP contribution in [0.3, 0.4) is 0 Å². The molecule has 1 aliphatic heterocycles. The van der Waals surface area contributed by atoms with Gasteiger partial charge in [0.2, 0.25) is 0 Å². The average Bonchev–Trinajstić information content (AvgIpc) is 2.96. The fourth-order valence-electron chi connectivity index (χ4n) is 3.47. The highest BCUT2D eigenvalue weighted by molar-refractivity contribution is 9.10. The van der Waals surface area contributed by atoms with Crippen molar-refractivity contribution in [1.29, 1.82) is 0 Å². The first kappa shape index (κ1) is 17.3. The molecule has 0 radical (unpaired) electrons. The molecule has 0 saturated carbocycles. The quantitative estimate of drug-likeness (QED) is 0.574. The van der Waals surface area contributed by atoms with E-state index in [0.717, 1.165) is 53.8 Å². The van der Waals surface area contributed by atoms with E-state index in [1.807, 2.05) is 12.1 Å². The molecule has 2 aromatic carbocycles. The Labute approximate surface area is 165 Å². The smallest absolute Gasteiger partial charge is 0.113 e. The second-order valence-electron chi connectivity index (χ2n) is 6.46. The molecule has 0 atom stereocenters. The van der Waals surface area contributed by atoms with Gasteiger partial charge in [-0.15, -0.1) is 0 Å². The second kappa shape index (κ2) is 7.28. The van der Waals surface area contributed by atoms with Gasteiger partial charge in [0, 0.05) is 16.9 Å². The molecule has 2 heterocycles. The standard InChI is InChI=1S/C19H18BrCl2N3/c20-14-3-1-12(2-4-14)11-25-18-10-16(22)15(21)9-17(18)24-19(25)13-5-7-23-8-6-13/h1-4,9-10,13,23H,5-8,11H2. The van der Waals surface area contributed by atoms with Gasteiger partial charge in [-0.1, -0.05) is 51.3 Å². The van der Waals surface area contributed by atoms with E-state index in [-0.39, 0.29) is 0 Å². The van der Waals surface area contributed by atoms with Crippen LogP contribution in [0.5, 0.6) is 0 Å². The first-order chi connectivity index (χ1) is 12.1. The first-order valence-electron chi connectivity index (χ1n) is 8.42. The molecule has 0 amide bonds. The average molecular weight is 439 g/mol. The molecule has 4 rings (SSSR count). The fourth-order valence-corrected chi connectivity index (χ4v) is 4.05. The normalized spacial score (nSPS) is 15.8. The van der Waals surface area contributed by atoms with Gasteiger partial charge in [-0.2, -0.15) is 0 Å². The summed E-state index contributed by atoms with van der Waals surface area (Å²) < 4.78 is 3.39. The van der Waals surface area contributed by atoms with Crippen LogP contribution in [-0.4, -0.2) is 22.6 Å². The van der Waals surface area contributed by atoms with E-state index in [1.54, 1.807) is 0 Å². The third kappa shape index (κ3) is 3.59. The minimum absolute atomic E-state index is 0.460. The van der Waals surface area contributed by atoms with Gasteiger partial charge >= 0.3 is 0 Å². The highest BCUT2D eigenvalue weighted by Crippen LogP contribution is 2.33. The molecule has 25 heavy (non-hydrogen) atoms. The maximum Gasteiger partial charge on any atom is 0.113 e. The van der Waals surface area contributed by atoms with E-state index in [2.05, 4.69) is 50.1 Å². The van der Waals surface area contributed by atoms with Crippen molar-refractivity contribution in [3.63, 3.8) is 0 Å². The number of aromatic nitrogens is 2. The topological polar surface area (TPSA) is 29.9 Å². The van der Waals surface area contributed by atoms with Gasteiger partial charge in [-0.05, 0) is 55.8 Å². The number of fused-ring (bicyclic) bond motifs is 1. The minimum atomic E-state index is 0.460. The molecule has 1 saturated heterocycles. The molecule has 0 aliphatic carbocycles. The van der Waals surface area contributed by atoms with Crippen molar-refractivity contribution in [2.45, 2.75) is 25.3 Å². The lowest BCUT2D eigenvalue weighted by atomic mass is 9.97. The molecule has 1 aromatic heterocycles. The molecule has 1 fully saturated rings. The first-order valence-corrected chi connectivity index (χ1v) is 9.97. The Hall–Kier alpha value is -1.07. The van der Waals surface area contributed by atoms with Crippen LogP contribution in [0, 0.1) is 0 Å². The SMILES string of the molecule is Clc1cc2nc(C3CCNCC3)n(Cc3ccc(Br)cc3)c2cc1Cl. The summed E-state index contributed by atoms with van der Waals surface area (Å²) in [5, 5.41) is 4.55. The highest BCUT2D eigenvalue weighted by Gasteiger charge is 2.23. The molecule has 130 valence electrons. The van der Waals surface area contributed by atoms with Gasteiger partial charge in [0.25, 0.3) is 0 Å². The largest absolute Gasteiger partial charge is 0.323 e. The predicted molar refractivity (Wildman–Crippen MR) is 108 cm³/mol. The summed E-state index contributed by atoms with van der Waals surface area (Å²) in [5.74, 6) is 1.60. The Morgan fingerprint density at radius 3 is 2.48 bits per heavy atom. The molecule has 0 bridgehead atoms. The van der Waals surface area contributed by atoms with Crippen molar-refractivity contribution < 1.29 is 0 Å². The molecule has 1 aliphatic rings. The number of hydrogen-bond acceptors (Lipinski definition) is 2. The molecular weight excluding hydrogens is 421 g/mol. The van der Waals surface area contributed by atoms with E-state index < -0.39 is 0 Å². The van der Waals surface area contributed by atoms with Crippen LogP contribution < -0.4 is 5.32 Å². The highest BCUT2D eigenvalue weighted by atomic mass is 79.9. The zero-order valence-electron chi connectivity index (χ0n) is 13.6. The van der Waals surface area contributed by atoms with Crippen molar-refractivity contribution in [1.82, 2.24) is 14.9 Å².